The van der Waals surface area contributed by atoms with Gasteiger partial charge in [0, 0.05) is 12.6 Å². The van der Waals surface area contributed by atoms with E-state index in [1.807, 2.05) is 18.2 Å². The second-order valence-corrected chi connectivity index (χ2v) is 4.69. The highest BCUT2D eigenvalue weighted by atomic mass is 16.5. The molecular weight excluding hydrogens is 270 g/mol. The van der Waals surface area contributed by atoms with Crippen molar-refractivity contribution in [3.05, 3.63) is 59.5 Å². The Bertz CT molecular complexity index is 633. The molecule has 0 bridgehead atoms. The lowest BCUT2D eigenvalue weighted by atomic mass is 10.1. The van der Waals surface area contributed by atoms with Crippen LogP contribution in [0.2, 0.25) is 0 Å². The fourth-order valence-electron chi connectivity index (χ4n) is 2.13. The third kappa shape index (κ3) is 2.97. The van der Waals surface area contributed by atoms with Gasteiger partial charge in [-0.15, -0.1) is 0 Å². The van der Waals surface area contributed by atoms with E-state index in [1.54, 1.807) is 32.2 Å². The molecule has 1 amide bonds. The molecule has 1 aromatic heterocycles. The first kappa shape index (κ1) is 14.8. The molecule has 0 aliphatic heterocycles. The molecule has 0 N–H and O–H groups in total. The number of aryl methyl sites for hydroxylation is 1. The van der Waals surface area contributed by atoms with E-state index < -0.39 is 12.0 Å². The number of ether oxygens (including phenoxy) is 1. The molecule has 5 heteroatoms. The molecule has 1 atom stereocenters. The predicted molar refractivity (Wildman–Crippen MR) is 76.7 cm³/mol. The summed E-state index contributed by atoms with van der Waals surface area (Å²) < 4.78 is 10.0. The van der Waals surface area contributed by atoms with Crippen molar-refractivity contribution in [3.8, 4) is 0 Å². The van der Waals surface area contributed by atoms with E-state index in [2.05, 4.69) is 0 Å². The number of amides is 1. The van der Waals surface area contributed by atoms with Gasteiger partial charge in [-0.05, 0) is 18.6 Å². The van der Waals surface area contributed by atoms with Gasteiger partial charge in [-0.3, -0.25) is 4.79 Å². The SMILES string of the molecule is COC(=O)[C@@H](c1ccccc1)N(C)C(=O)c1occc1C. The van der Waals surface area contributed by atoms with Crippen molar-refractivity contribution >= 4 is 11.9 Å². The predicted octanol–water partition coefficient (Wildman–Crippen LogP) is 2.57. The highest BCUT2D eigenvalue weighted by Gasteiger charge is 2.31. The maximum Gasteiger partial charge on any atom is 0.333 e. The van der Waals surface area contributed by atoms with Gasteiger partial charge in [0.25, 0.3) is 5.91 Å². The lowest BCUT2D eigenvalue weighted by Crippen LogP contribution is -2.36. The Kier molecular flexibility index (Phi) is 4.42. The summed E-state index contributed by atoms with van der Waals surface area (Å²) >= 11 is 0. The second-order valence-electron chi connectivity index (χ2n) is 4.69. The van der Waals surface area contributed by atoms with E-state index in [9.17, 15) is 9.59 Å². The Morgan fingerprint density at radius 1 is 1.19 bits per heavy atom. The first-order valence-corrected chi connectivity index (χ1v) is 6.50. The molecule has 2 rings (SSSR count). The highest BCUT2D eigenvalue weighted by Crippen LogP contribution is 2.23. The van der Waals surface area contributed by atoms with Crippen LogP contribution in [0.4, 0.5) is 0 Å². The van der Waals surface area contributed by atoms with Crippen LogP contribution >= 0.6 is 0 Å². The largest absolute Gasteiger partial charge is 0.467 e. The van der Waals surface area contributed by atoms with Crippen molar-refractivity contribution in [1.29, 1.82) is 0 Å². The van der Waals surface area contributed by atoms with E-state index in [1.165, 1.54) is 18.3 Å². The van der Waals surface area contributed by atoms with Gasteiger partial charge in [0.15, 0.2) is 11.8 Å². The number of hydrogen-bond donors (Lipinski definition) is 0. The fraction of sp³-hybridized carbons (Fsp3) is 0.250. The summed E-state index contributed by atoms with van der Waals surface area (Å²) in [5.41, 5.74) is 1.41. The molecule has 0 saturated carbocycles. The average molecular weight is 287 g/mol. The number of rotatable bonds is 4. The number of benzene rings is 1. The number of furan rings is 1. The molecule has 2 aromatic rings. The van der Waals surface area contributed by atoms with Crippen LogP contribution in [-0.4, -0.2) is 30.9 Å². The van der Waals surface area contributed by atoms with E-state index >= 15 is 0 Å². The lowest BCUT2D eigenvalue weighted by Gasteiger charge is -2.25. The van der Waals surface area contributed by atoms with Gasteiger partial charge in [-0.25, -0.2) is 4.79 Å². The van der Waals surface area contributed by atoms with Crippen molar-refractivity contribution in [2.24, 2.45) is 0 Å². The number of carbonyl (C=O) groups excluding carboxylic acids is 2. The molecule has 0 spiro atoms. The van der Waals surface area contributed by atoms with Crippen molar-refractivity contribution in [2.75, 3.05) is 14.2 Å². The van der Waals surface area contributed by atoms with Crippen LogP contribution < -0.4 is 0 Å². The Morgan fingerprint density at radius 3 is 2.38 bits per heavy atom. The summed E-state index contributed by atoms with van der Waals surface area (Å²) in [7, 11) is 2.85. The maximum absolute atomic E-state index is 12.5. The summed E-state index contributed by atoms with van der Waals surface area (Å²) in [6.07, 6.45) is 1.45. The van der Waals surface area contributed by atoms with Crippen molar-refractivity contribution in [1.82, 2.24) is 4.90 Å². The van der Waals surface area contributed by atoms with E-state index in [0.29, 0.717) is 5.56 Å². The zero-order valence-corrected chi connectivity index (χ0v) is 12.2. The monoisotopic (exact) mass is 287 g/mol. The molecule has 0 unspecified atom stereocenters. The van der Waals surface area contributed by atoms with Crippen LogP contribution in [0.25, 0.3) is 0 Å². The summed E-state index contributed by atoms with van der Waals surface area (Å²) in [5.74, 6) is -0.639. The van der Waals surface area contributed by atoms with Crippen molar-refractivity contribution in [3.63, 3.8) is 0 Å². The van der Waals surface area contributed by atoms with E-state index in [0.717, 1.165) is 5.56 Å². The van der Waals surface area contributed by atoms with E-state index in [4.69, 9.17) is 9.15 Å². The highest BCUT2D eigenvalue weighted by molar-refractivity contribution is 5.95. The molecule has 0 saturated heterocycles. The number of methoxy groups -OCH3 is 1. The summed E-state index contributed by atoms with van der Waals surface area (Å²) in [5, 5.41) is 0. The molecule has 0 aliphatic rings. The number of nitrogens with zero attached hydrogens (tertiary/aromatic N) is 1. The quantitative estimate of drug-likeness (QED) is 0.811. The summed E-state index contributed by atoms with van der Waals surface area (Å²) in [6, 6.07) is 9.91. The minimum absolute atomic E-state index is 0.224. The van der Waals surface area contributed by atoms with Gasteiger partial charge in [-0.1, -0.05) is 30.3 Å². The maximum atomic E-state index is 12.5. The minimum atomic E-state index is -0.812. The number of carbonyl (C=O) groups is 2. The van der Waals surface area contributed by atoms with Gasteiger partial charge in [-0.2, -0.15) is 0 Å². The van der Waals surface area contributed by atoms with Gasteiger partial charge < -0.3 is 14.1 Å². The molecule has 0 aliphatic carbocycles. The Hall–Kier alpha value is -2.56. The zero-order chi connectivity index (χ0) is 15.4. The van der Waals surface area contributed by atoms with E-state index in [-0.39, 0.29) is 11.7 Å². The molecule has 1 aromatic carbocycles. The van der Waals surface area contributed by atoms with Crippen LogP contribution in [0.1, 0.15) is 27.7 Å². The molecule has 110 valence electrons. The normalized spacial score (nSPS) is 11.8. The molecular formula is C16H17NO4. The molecule has 1 heterocycles. The lowest BCUT2D eigenvalue weighted by molar-refractivity contribution is -0.145. The third-order valence-electron chi connectivity index (χ3n) is 3.30. The first-order valence-electron chi connectivity index (χ1n) is 6.50. The van der Waals surface area contributed by atoms with Gasteiger partial charge >= 0.3 is 5.97 Å². The fourth-order valence-corrected chi connectivity index (χ4v) is 2.13. The van der Waals surface area contributed by atoms with Crippen LogP contribution in [0.15, 0.2) is 47.1 Å². The minimum Gasteiger partial charge on any atom is -0.467 e. The smallest absolute Gasteiger partial charge is 0.333 e. The van der Waals surface area contributed by atoms with Gasteiger partial charge in [0.05, 0.1) is 13.4 Å². The third-order valence-corrected chi connectivity index (χ3v) is 3.30. The number of hydrogen-bond acceptors (Lipinski definition) is 4. The average Bonchev–Trinajstić information content (AvgIpc) is 2.93. The van der Waals surface area contributed by atoms with Crippen molar-refractivity contribution < 1.29 is 18.7 Å². The molecule has 0 fully saturated rings. The van der Waals surface area contributed by atoms with Gasteiger partial charge in [0.2, 0.25) is 0 Å². The standard InChI is InChI=1S/C16H17NO4/c1-11-9-10-21-14(11)15(18)17(2)13(16(19)20-3)12-7-5-4-6-8-12/h4-10,13H,1-3H3/t13-/m1/s1. The molecule has 21 heavy (non-hydrogen) atoms. The first-order chi connectivity index (χ1) is 10.1. The second kappa shape index (κ2) is 6.26. The zero-order valence-electron chi connectivity index (χ0n) is 12.2. The Labute approximate surface area is 123 Å². The summed E-state index contributed by atoms with van der Waals surface area (Å²) in [6.45, 7) is 1.78. The molecule has 5 nitrogen and oxygen atoms in total. The Balaban J connectivity index is 2.35. The van der Waals surface area contributed by atoms with Crippen molar-refractivity contribution in [2.45, 2.75) is 13.0 Å². The van der Waals surface area contributed by atoms with Crippen LogP contribution in [-0.2, 0) is 9.53 Å². The van der Waals surface area contributed by atoms with Gasteiger partial charge in [0.1, 0.15) is 0 Å². The van der Waals surface area contributed by atoms with Crippen LogP contribution in [0, 0.1) is 6.92 Å². The summed E-state index contributed by atoms with van der Waals surface area (Å²) in [4.78, 5) is 25.9. The van der Waals surface area contributed by atoms with Crippen LogP contribution in [0.3, 0.4) is 0 Å². The topological polar surface area (TPSA) is 59.8 Å². The Morgan fingerprint density at radius 2 is 1.86 bits per heavy atom. The number of likely N-dealkylation sites (N-methyl/N-ethyl adjacent to an activating group) is 1. The molecule has 0 radical (unpaired) electrons. The number of esters is 1. The van der Waals surface area contributed by atoms with Crippen LogP contribution in [0.5, 0.6) is 0 Å².